The first kappa shape index (κ1) is 26.4. The van der Waals surface area contributed by atoms with E-state index < -0.39 is 41.9 Å². The molecule has 182 valence electrons. The van der Waals surface area contributed by atoms with Crippen LogP contribution in [0.1, 0.15) is 31.4 Å². The van der Waals surface area contributed by atoms with Crippen molar-refractivity contribution in [3.05, 3.63) is 71.8 Å². The van der Waals surface area contributed by atoms with Crippen molar-refractivity contribution < 1.29 is 28.7 Å². The Kier molecular flexibility index (Phi) is 10.6. The molecule has 0 saturated carbocycles. The SMILES string of the molecule is CCOC(=O)[C@@H](C)C[C@@H](NC(=O)[C@H](Cc1ccccc1)NC(=O)OCc1ccccc1)C(N)=O. The van der Waals surface area contributed by atoms with E-state index in [1.807, 2.05) is 60.7 Å². The van der Waals surface area contributed by atoms with Crippen LogP contribution in [0.15, 0.2) is 60.7 Å². The molecule has 4 N–H and O–H groups in total. The van der Waals surface area contributed by atoms with E-state index in [4.69, 9.17) is 15.2 Å². The van der Waals surface area contributed by atoms with Gasteiger partial charge in [-0.25, -0.2) is 4.79 Å². The zero-order chi connectivity index (χ0) is 24.9. The Balaban J connectivity index is 2.08. The molecular formula is C25H31N3O6. The molecule has 0 aliphatic rings. The lowest BCUT2D eigenvalue weighted by molar-refractivity contribution is -0.148. The number of carbonyl (C=O) groups is 4. The number of nitrogens with two attached hydrogens (primary N) is 1. The third-order valence-corrected chi connectivity index (χ3v) is 5.04. The molecule has 0 heterocycles. The largest absolute Gasteiger partial charge is 0.466 e. The van der Waals surface area contributed by atoms with Crippen LogP contribution in [0.3, 0.4) is 0 Å². The fourth-order valence-electron chi connectivity index (χ4n) is 3.22. The molecule has 0 spiro atoms. The van der Waals surface area contributed by atoms with Crippen molar-refractivity contribution in [1.82, 2.24) is 10.6 Å². The minimum Gasteiger partial charge on any atom is -0.466 e. The number of alkyl carbamates (subject to hydrolysis) is 1. The second-order valence-electron chi connectivity index (χ2n) is 7.80. The molecule has 3 amide bonds. The quantitative estimate of drug-likeness (QED) is 0.407. The normalized spacial score (nSPS) is 13.1. The molecule has 2 aromatic rings. The molecule has 0 fully saturated rings. The van der Waals surface area contributed by atoms with Crippen LogP contribution in [0.5, 0.6) is 0 Å². The Bertz CT molecular complexity index is 952. The number of esters is 1. The molecular weight excluding hydrogens is 438 g/mol. The number of hydrogen-bond donors (Lipinski definition) is 3. The summed E-state index contributed by atoms with van der Waals surface area (Å²) in [5, 5.41) is 5.11. The van der Waals surface area contributed by atoms with Crippen molar-refractivity contribution >= 4 is 23.9 Å². The first-order valence-corrected chi connectivity index (χ1v) is 11.1. The Labute approximate surface area is 199 Å². The van der Waals surface area contributed by atoms with Crippen molar-refractivity contribution in [2.24, 2.45) is 11.7 Å². The molecule has 0 aliphatic heterocycles. The highest BCUT2D eigenvalue weighted by Gasteiger charge is 2.29. The highest BCUT2D eigenvalue weighted by molar-refractivity contribution is 5.91. The summed E-state index contributed by atoms with van der Waals surface area (Å²) in [7, 11) is 0. The van der Waals surface area contributed by atoms with Gasteiger partial charge in [0.25, 0.3) is 0 Å². The molecule has 0 bridgehead atoms. The second-order valence-corrected chi connectivity index (χ2v) is 7.80. The zero-order valence-corrected chi connectivity index (χ0v) is 19.4. The second kappa shape index (κ2) is 13.6. The van der Waals surface area contributed by atoms with E-state index in [-0.39, 0.29) is 26.1 Å². The van der Waals surface area contributed by atoms with E-state index in [9.17, 15) is 19.2 Å². The van der Waals surface area contributed by atoms with Crippen molar-refractivity contribution in [2.75, 3.05) is 6.61 Å². The molecule has 3 atom stereocenters. The lowest BCUT2D eigenvalue weighted by atomic mass is 10.00. The number of ether oxygens (including phenoxy) is 2. The molecule has 9 heteroatoms. The summed E-state index contributed by atoms with van der Waals surface area (Å²) in [6.07, 6.45) is -0.655. The van der Waals surface area contributed by atoms with Gasteiger partial charge in [-0.05, 0) is 24.5 Å². The Hall–Kier alpha value is -3.88. The maximum absolute atomic E-state index is 13.0. The van der Waals surface area contributed by atoms with Gasteiger partial charge in [0.2, 0.25) is 11.8 Å². The van der Waals surface area contributed by atoms with Crippen LogP contribution < -0.4 is 16.4 Å². The summed E-state index contributed by atoms with van der Waals surface area (Å²) >= 11 is 0. The summed E-state index contributed by atoms with van der Waals surface area (Å²) in [6, 6.07) is 16.0. The summed E-state index contributed by atoms with van der Waals surface area (Å²) < 4.78 is 10.2. The number of benzene rings is 2. The van der Waals surface area contributed by atoms with E-state index >= 15 is 0 Å². The number of primary amides is 1. The fraction of sp³-hybridized carbons (Fsp3) is 0.360. The lowest BCUT2D eigenvalue weighted by Gasteiger charge is -2.23. The van der Waals surface area contributed by atoms with Crippen LogP contribution >= 0.6 is 0 Å². The molecule has 0 aliphatic carbocycles. The van der Waals surface area contributed by atoms with Crippen molar-refractivity contribution in [2.45, 2.75) is 45.4 Å². The van der Waals surface area contributed by atoms with Gasteiger partial charge in [-0.2, -0.15) is 0 Å². The zero-order valence-electron chi connectivity index (χ0n) is 19.4. The third-order valence-electron chi connectivity index (χ3n) is 5.04. The van der Waals surface area contributed by atoms with Gasteiger partial charge in [-0.15, -0.1) is 0 Å². The Morgan fingerprint density at radius 1 is 0.853 bits per heavy atom. The minimum atomic E-state index is -1.12. The molecule has 2 aromatic carbocycles. The summed E-state index contributed by atoms with van der Waals surface area (Å²) in [6.45, 7) is 3.49. The predicted molar refractivity (Wildman–Crippen MR) is 125 cm³/mol. The molecule has 0 unspecified atom stereocenters. The van der Waals surface area contributed by atoms with Gasteiger partial charge in [0.15, 0.2) is 0 Å². The van der Waals surface area contributed by atoms with Crippen molar-refractivity contribution in [3.63, 3.8) is 0 Å². The summed E-state index contributed by atoms with van der Waals surface area (Å²) in [4.78, 5) is 49.4. The van der Waals surface area contributed by atoms with Gasteiger partial charge in [0, 0.05) is 6.42 Å². The number of nitrogens with one attached hydrogen (secondary N) is 2. The third kappa shape index (κ3) is 8.93. The van der Waals surface area contributed by atoms with Crippen LogP contribution in [0.2, 0.25) is 0 Å². The molecule has 0 radical (unpaired) electrons. The number of hydrogen-bond acceptors (Lipinski definition) is 6. The van der Waals surface area contributed by atoms with Gasteiger partial charge < -0.3 is 25.8 Å². The van der Waals surface area contributed by atoms with E-state index in [0.29, 0.717) is 0 Å². The molecule has 2 rings (SSSR count). The average molecular weight is 470 g/mol. The smallest absolute Gasteiger partial charge is 0.408 e. The summed E-state index contributed by atoms with van der Waals surface area (Å²) in [5.74, 6) is -2.57. The van der Waals surface area contributed by atoms with Crippen LogP contribution in [-0.4, -0.2) is 42.6 Å². The minimum absolute atomic E-state index is 0.0313. The number of amides is 3. The standard InChI is InChI=1S/C25H31N3O6/c1-3-33-24(31)17(2)14-20(22(26)29)27-23(30)21(15-18-10-6-4-7-11-18)28-25(32)34-16-19-12-8-5-9-13-19/h4-13,17,20-21H,3,14-16H2,1-2H3,(H2,26,29)(H,27,30)(H,28,32)/t17-,20+,21-/m0/s1. The van der Waals surface area contributed by atoms with E-state index in [1.165, 1.54) is 0 Å². The van der Waals surface area contributed by atoms with E-state index in [1.54, 1.807) is 13.8 Å². The predicted octanol–water partition coefficient (Wildman–Crippen LogP) is 2.08. The van der Waals surface area contributed by atoms with Crippen LogP contribution in [0, 0.1) is 5.92 Å². The summed E-state index contributed by atoms with van der Waals surface area (Å²) in [5.41, 5.74) is 7.04. The Morgan fingerprint density at radius 2 is 1.44 bits per heavy atom. The van der Waals surface area contributed by atoms with E-state index in [0.717, 1.165) is 11.1 Å². The van der Waals surface area contributed by atoms with Gasteiger partial charge in [-0.1, -0.05) is 67.6 Å². The average Bonchev–Trinajstić information content (AvgIpc) is 2.83. The maximum Gasteiger partial charge on any atom is 0.408 e. The number of carbonyl (C=O) groups excluding carboxylic acids is 4. The monoisotopic (exact) mass is 469 g/mol. The van der Waals surface area contributed by atoms with Crippen LogP contribution in [-0.2, 0) is 36.9 Å². The first-order valence-electron chi connectivity index (χ1n) is 11.1. The topological polar surface area (TPSA) is 137 Å². The Morgan fingerprint density at radius 3 is 2.00 bits per heavy atom. The van der Waals surface area contributed by atoms with E-state index in [2.05, 4.69) is 10.6 Å². The maximum atomic E-state index is 13.0. The lowest BCUT2D eigenvalue weighted by Crippen LogP contribution is -2.54. The highest BCUT2D eigenvalue weighted by atomic mass is 16.5. The molecule has 9 nitrogen and oxygen atoms in total. The van der Waals surface area contributed by atoms with Gasteiger partial charge >= 0.3 is 12.1 Å². The van der Waals surface area contributed by atoms with Gasteiger partial charge in [0.05, 0.1) is 12.5 Å². The van der Waals surface area contributed by atoms with Gasteiger partial charge in [0.1, 0.15) is 18.7 Å². The van der Waals surface area contributed by atoms with Crippen molar-refractivity contribution in [1.29, 1.82) is 0 Å². The number of rotatable bonds is 12. The van der Waals surface area contributed by atoms with Crippen LogP contribution in [0.25, 0.3) is 0 Å². The molecule has 0 saturated heterocycles. The molecule has 34 heavy (non-hydrogen) atoms. The fourth-order valence-corrected chi connectivity index (χ4v) is 3.22. The van der Waals surface area contributed by atoms with Crippen molar-refractivity contribution in [3.8, 4) is 0 Å². The van der Waals surface area contributed by atoms with Gasteiger partial charge in [-0.3, -0.25) is 14.4 Å². The van der Waals surface area contributed by atoms with Crippen LogP contribution in [0.4, 0.5) is 4.79 Å². The first-order chi connectivity index (χ1) is 16.3. The molecule has 0 aromatic heterocycles. The highest BCUT2D eigenvalue weighted by Crippen LogP contribution is 2.10.